The first-order valence-electron chi connectivity index (χ1n) is 23.2. The third-order valence-electron chi connectivity index (χ3n) is 14.4. The molecule has 0 atom stereocenters. The lowest BCUT2D eigenvalue weighted by Gasteiger charge is -2.14. The lowest BCUT2D eigenvalue weighted by molar-refractivity contribution is 1.25. The minimum Gasteiger partial charge on any atom is -0.291 e. The number of thiophene rings is 1. The molecule has 0 aliphatic heterocycles. The van der Waals surface area contributed by atoms with Gasteiger partial charge in [-0.15, -0.1) is 11.3 Å². The number of nitrogens with zero attached hydrogens (tertiary/aromatic N) is 3. The maximum atomic E-state index is 5.57. The average molecular weight is 880 g/mol. The van der Waals surface area contributed by atoms with Crippen molar-refractivity contribution in [3.63, 3.8) is 0 Å². The molecular weight excluding hydrogens is 843 g/mol. The molecule has 68 heavy (non-hydrogen) atoms. The van der Waals surface area contributed by atoms with Gasteiger partial charge < -0.3 is 0 Å². The van der Waals surface area contributed by atoms with Crippen LogP contribution in [-0.4, -0.2) is 14.4 Å². The van der Waals surface area contributed by atoms with Crippen molar-refractivity contribution in [3.05, 3.63) is 225 Å². The van der Waals surface area contributed by atoms with Gasteiger partial charge in [0, 0.05) is 37.8 Å². The van der Waals surface area contributed by atoms with Gasteiger partial charge in [-0.1, -0.05) is 188 Å². The topological polar surface area (TPSA) is 30.2 Å². The second kappa shape index (κ2) is 14.4. The Hall–Kier alpha value is -8.70. The zero-order valence-corrected chi connectivity index (χ0v) is 37.4. The number of hydrogen-bond acceptors (Lipinski definition) is 3. The number of benzene rings is 11. The molecule has 4 aromatic heterocycles. The van der Waals surface area contributed by atoms with Crippen LogP contribution in [0.25, 0.3) is 146 Å². The highest BCUT2D eigenvalue weighted by Gasteiger charge is 2.20. The Morgan fingerprint density at radius 1 is 0.353 bits per heavy atom. The van der Waals surface area contributed by atoms with Gasteiger partial charge in [-0.3, -0.25) is 9.38 Å². The molecule has 0 saturated carbocycles. The molecule has 0 unspecified atom stereocenters. The summed E-state index contributed by atoms with van der Waals surface area (Å²) in [7, 11) is 0. The van der Waals surface area contributed by atoms with Gasteiger partial charge in [0.25, 0.3) is 0 Å². The zero-order chi connectivity index (χ0) is 44.5. The van der Waals surface area contributed by atoms with Crippen LogP contribution in [0.5, 0.6) is 0 Å². The van der Waals surface area contributed by atoms with E-state index in [9.17, 15) is 0 Å². The maximum absolute atomic E-state index is 5.57. The van der Waals surface area contributed by atoms with E-state index in [0.717, 1.165) is 44.4 Å². The van der Waals surface area contributed by atoms with Gasteiger partial charge in [0.15, 0.2) is 5.65 Å². The van der Waals surface area contributed by atoms with Gasteiger partial charge in [-0.25, -0.2) is 4.98 Å². The molecule has 0 fully saturated rings. The molecule has 0 aliphatic carbocycles. The van der Waals surface area contributed by atoms with Gasteiger partial charge in [0.1, 0.15) is 0 Å². The van der Waals surface area contributed by atoms with E-state index in [1.54, 1.807) is 0 Å². The molecule has 0 radical (unpaired) electrons. The number of imidazole rings is 1. The summed E-state index contributed by atoms with van der Waals surface area (Å²) in [4.78, 5) is 10.4. The number of hydrogen-bond donors (Lipinski definition) is 0. The quantitative estimate of drug-likeness (QED) is 0.165. The normalized spacial score (nSPS) is 12.1. The van der Waals surface area contributed by atoms with Gasteiger partial charge in [-0.05, 0) is 112 Å². The number of rotatable bonds is 4. The zero-order valence-electron chi connectivity index (χ0n) is 36.6. The molecule has 0 aliphatic rings. The predicted octanol–water partition coefficient (Wildman–Crippen LogP) is 17.8. The van der Waals surface area contributed by atoms with Crippen molar-refractivity contribution < 1.29 is 0 Å². The highest BCUT2D eigenvalue weighted by Crippen LogP contribution is 2.44. The van der Waals surface area contributed by atoms with Crippen LogP contribution >= 0.6 is 11.3 Å². The Labute approximate surface area is 394 Å². The SMILES string of the molecule is c1ccc2cc3c(cc2c1)sc1c3cc(-c2ccc(-c3ccc(-c4ccc(-c5ccc6c(c5)ncc5ccccc56)cc4)c4ccccc34)cc2)n2c3ccc4c5ccccc5ccc4c3nc12. The monoisotopic (exact) mass is 879 g/mol. The average Bonchev–Trinajstić information content (AvgIpc) is 3.98. The summed E-state index contributed by atoms with van der Waals surface area (Å²) in [5, 5.41) is 16.0. The molecule has 314 valence electrons. The molecule has 0 spiro atoms. The van der Waals surface area contributed by atoms with Crippen molar-refractivity contribution in [1.29, 1.82) is 0 Å². The summed E-state index contributed by atoms with van der Waals surface area (Å²) < 4.78 is 4.89. The van der Waals surface area contributed by atoms with Crippen molar-refractivity contribution in [3.8, 4) is 44.6 Å². The smallest absolute Gasteiger partial charge is 0.156 e. The van der Waals surface area contributed by atoms with Crippen molar-refractivity contribution in [2.45, 2.75) is 0 Å². The Morgan fingerprint density at radius 2 is 0.926 bits per heavy atom. The molecule has 15 aromatic rings. The number of pyridine rings is 2. The fraction of sp³-hybridized carbons (Fsp3) is 0. The first kappa shape index (κ1) is 37.5. The number of aromatic nitrogens is 3. The van der Waals surface area contributed by atoms with Crippen molar-refractivity contribution in [2.75, 3.05) is 0 Å². The third kappa shape index (κ3) is 5.59. The van der Waals surface area contributed by atoms with E-state index in [-0.39, 0.29) is 0 Å². The molecule has 3 nitrogen and oxygen atoms in total. The van der Waals surface area contributed by atoms with Crippen LogP contribution in [0.3, 0.4) is 0 Å². The Morgan fingerprint density at radius 3 is 1.66 bits per heavy atom. The van der Waals surface area contributed by atoms with Gasteiger partial charge in [-0.2, -0.15) is 0 Å². The molecule has 4 heteroatoms. The lowest BCUT2D eigenvalue weighted by atomic mass is 9.91. The van der Waals surface area contributed by atoms with Crippen LogP contribution in [-0.2, 0) is 0 Å². The minimum absolute atomic E-state index is 1.00. The van der Waals surface area contributed by atoms with Gasteiger partial charge in [0.05, 0.1) is 26.9 Å². The minimum atomic E-state index is 1.00. The molecule has 0 bridgehead atoms. The predicted molar refractivity (Wildman–Crippen MR) is 290 cm³/mol. The summed E-state index contributed by atoms with van der Waals surface area (Å²) in [5.41, 5.74) is 13.6. The van der Waals surface area contributed by atoms with Crippen LogP contribution < -0.4 is 0 Å². The van der Waals surface area contributed by atoms with E-state index in [4.69, 9.17) is 9.97 Å². The van der Waals surface area contributed by atoms with Crippen LogP contribution in [0.4, 0.5) is 0 Å². The van der Waals surface area contributed by atoms with Gasteiger partial charge in [0.2, 0.25) is 0 Å². The fourth-order valence-corrected chi connectivity index (χ4v) is 12.2. The van der Waals surface area contributed by atoms with E-state index in [0.29, 0.717) is 0 Å². The largest absolute Gasteiger partial charge is 0.291 e. The molecule has 0 saturated heterocycles. The van der Waals surface area contributed by atoms with E-state index >= 15 is 0 Å². The van der Waals surface area contributed by atoms with Crippen molar-refractivity contribution >= 4 is 113 Å². The standard InChI is InChI=1S/C64H37N3S/c1-2-11-44-35-61-56(33-43(44)10-1)57-36-60(67-59-32-31-53-47-13-5-3-9-39(47)25-28-55(53)62(59)66-64(67)63(57)68-61)42-23-21-41(22-24-42)50-30-29-49(51-15-7-8-16-52(50)51)40-19-17-38(18-20-40)45-26-27-54-48-14-6-4-12-46(48)37-65-58(54)34-45/h1-37H. The third-order valence-corrected chi connectivity index (χ3v) is 15.6. The number of fused-ring (bicyclic) bond motifs is 16. The van der Waals surface area contributed by atoms with Gasteiger partial charge >= 0.3 is 0 Å². The van der Waals surface area contributed by atoms with Crippen molar-refractivity contribution in [1.82, 2.24) is 14.4 Å². The fourth-order valence-electron chi connectivity index (χ4n) is 11.1. The summed E-state index contributed by atoms with van der Waals surface area (Å²) >= 11 is 1.85. The van der Waals surface area contributed by atoms with E-state index in [1.165, 1.54) is 102 Å². The van der Waals surface area contributed by atoms with Crippen LogP contribution in [0.2, 0.25) is 0 Å². The molecule has 0 N–H and O–H groups in total. The summed E-state index contributed by atoms with van der Waals surface area (Å²) in [5.74, 6) is 0. The Bertz CT molecular complexity index is 4600. The Balaban J connectivity index is 0.844. The van der Waals surface area contributed by atoms with Crippen molar-refractivity contribution in [2.24, 2.45) is 0 Å². The molecular formula is C64H37N3S. The first-order valence-corrected chi connectivity index (χ1v) is 24.0. The lowest BCUT2D eigenvalue weighted by Crippen LogP contribution is -1.93. The summed E-state index contributed by atoms with van der Waals surface area (Å²) in [6.07, 6.45) is 1.98. The summed E-state index contributed by atoms with van der Waals surface area (Å²) in [6.45, 7) is 0. The van der Waals surface area contributed by atoms with E-state index in [1.807, 2.05) is 17.5 Å². The van der Waals surface area contributed by atoms with Crippen LogP contribution in [0, 0.1) is 0 Å². The maximum Gasteiger partial charge on any atom is 0.156 e. The molecule has 11 aromatic carbocycles. The Kier molecular flexibility index (Phi) is 7.94. The van der Waals surface area contributed by atoms with Crippen LogP contribution in [0.15, 0.2) is 225 Å². The highest BCUT2D eigenvalue weighted by molar-refractivity contribution is 7.26. The van der Waals surface area contributed by atoms with E-state index in [2.05, 4.69) is 223 Å². The summed E-state index contributed by atoms with van der Waals surface area (Å²) in [6, 6.07) is 80.2. The second-order valence-electron chi connectivity index (χ2n) is 18.1. The molecule has 0 amide bonds. The first-order chi connectivity index (χ1) is 33.7. The van der Waals surface area contributed by atoms with Crippen LogP contribution in [0.1, 0.15) is 0 Å². The van der Waals surface area contributed by atoms with E-state index < -0.39 is 0 Å². The molecule has 4 heterocycles. The second-order valence-corrected chi connectivity index (χ2v) is 19.1. The highest BCUT2D eigenvalue weighted by atomic mass is 32.1. The molecule has 15 rings (SSSR count).